The van der Waals surface area contributed by atoms with Gasteiger partial charge in [0.1, 0.15) is 5.82 Å². The van der Waals surface area contributed by atoms with Gasteiger partial charge in [0.15, 0.2) is 11.0 Å². The van der Waals surface area contributed by atoms with Crippen LogP contribution in [0, 0.1) is 0 Å². The minimum Gasteiger partial charge on any atom is -0.328 e. The third kappa shape index (κ3) is 4.04. The molecule has 0 bridgehead atoms. The van der Waals surface area contributed by atoms with Crippen molar-refractivity contribution in [1.29, 1.82) is 0 Å². The summed E-state index contributed by atoms with van der Waals surface area (Å²) in [6.45, 7) is 2.80. The number of hydrogen-bond acceptors (Lipinski definition) is 7. The number of hydrogen-bond donors (Lipinski definition) is 0. The van der Waals surface area contributed by atoms with Crippen LogP contribution in [0.4, 0.5) is 0 Å². The number of nitrogens with zero attached hydrogens (tertiary/aromatic N) is 7. The Hall–Kier alpha value is -2.76. The number of imidazole rings is 1. The number of aromatic nitrogens is 6. The highest BCUT2D eigenvalue weighted by molar-refractivity contribution is 7.98. The number of sulfonamides is 1. The van der Waals surface area contributed by atoms with E-state index < -0.39 is 10.0 Å². The van der Waals surface area contributed by atoms with Crippen LogP contribution in [0.2, 0.25) is 0 Å². The highest BCUT2D eigenvalue weighted by atomic mass is 32.2. The summed E-state index contributed by atoms with van der Waals surface area (Å²) in [6, 6.07) is 9.46. The molecule has 0 unspecified atom stereocenters. The summed E-state index contributed by atoms with van der Waals surface area (Å²) in [6.07, 6.45) is 5.78. The molecule has 4 aromatic rings. The standard InChI is InChI=1S/C22H25N7O2S2/c1-4-28-19-8-7-17(33(30,31)27(2)3)13-18(19)24-20(28)14-32-22-26-25-21(29(22)16-5-6-16)15-9-11-23-12-10-15/h7-13,16H,4-6,14H2,1-3H3. The molecule has 0 atom stereocenters. The van der Waals surface area contributed by atoms with Gasteiger partial charge in [-0.3, -0.25) is 9.55 Å². The quantitative estimate of drug-likeness (QED) is 0.353. The van der Waals surface area contributed by atoms with Gasteiger partial charge >= 0.3 is 0 Å². The van der Waals surface area contributed by atoms with Gasteiger partial charge in [0.05, 0.1) is 21.7 Å². The molecule has 0 saturated heterocycles. The maximum atomic E-state index is 12.5. The van der Waals surface area contributed by atoms with E-state index >= 15 is 0 Å². The first-order chi connectivity index (χ1) is 15.9. The SMILES string of the molecule is CCn1c(CSc2nnc(-c3ccncc3)n2C2CC2)nc2cc(S(=O)(=O)N(C)C)ccc21. The molecule has 1 fully saturated rings. The van der Waals surface area contributed by atoms with Crippen LogP contribution in [0.15, 0.2) is 52.8 Å². The van der Waals surface area contributed by atoms with E-state index in [0.29, 0.717) is 17.3 Å². The molecule has 3 heterocycles. The molecule has 33 heavy (non-hydrogen) atoms. The molecule has 1 saturated carbocycles. The molecule has 5 rings (SSSR count). The van der Waals surface area contributed by atoms with Crippen LogP contribution in [-0.4, -0.2) is 56.1 Å². The van der Waals surface area contributed by atoms with Crippen LogP contribution >= 0.6 is 11.8 Å². The van der Waals surface area contributed by atoms with Crippen LogP contribution < -0.4 is 0 Å². The van der Waals surface area contributed by atoms with Gasteiger partial charge in [0, 0.05) is 44.6 Å². The average molecular weight is 484 g/mol. The predicted octanol–water partition coefficient (Wildman–Crippen LogP) is 3.59. The Balaban J connectivity index is 1.46. The summed E-state index contributed by atoms with van der Waals surface area (Å²) >= 11 is 1.61. The second-order valence-electron chi connectivity index (χ2n) is 8.14. The van der Waals surface area contributed by atoms with Crippen molar-refractivity contribution >= 4 is 32.8 Å². The lowest BCUT2D eigenvalue weighted by molar-refractivity contribution is 0.521. The lowest BCUT2D eigenvalue weighted by Gasteiger charge is -2.11. The predicted molar refractivity (Wildman–Crippen MR) is 127 cm³/mol. The zero-order chi connectivity index (χ0) is 23.2. The van der Waals surface area contributed by atoms with Crippen molar-refractivity contribution in [2.75, 3.05) is 14.1 Å². The number of rotatable bonds is 8. The maximum absolute atomic E-state index is 12.5. The summed E-state index contributed by atoms with van der Waals surface area (Å²) in [5.74, 6) is 2.36. The molecule has 172 valence electrons. The third-order valence-corrected chi connectivity index (χ3v) is 8.49. The van der Waals surface area contributed by atoms with E-state index in [4.69, 9.17) is 4.98 Å². The van der Waals surface area contributed by atoms with Crippen molar-refractivity contribution in [1.82, 2.24) is 33.6 Å². The number of thioether (sulfide) groups is 1. The molecule has 9 nitrogen and oxygen atoms in total. The first kappa shape index (κ1) is 22.1. The fraction of sp³-hybridized carbons (Fsp3) is 0.364. The molecular formula is C22H25N7O2S2. The van der Waals surface area contributed by atoms with Crippen LogP contribution in [0.1, 0.15) is 31.6 Å². The van der Waals surface area contributed by atoms with E-state index in [1.807, 2.05) is 18.2 Å². The number of aryl methyl sites for hydroxylation is 1. The monoisotopic (exact) mass is 483 g/mol. The molecule has 0 N–H and O–H groups in total. The van der Waals surface area contributed by atoms with Gasteiger partial charge in [0.25, 0.3) is 0 Å². The Kier molecular flexibility index (Phi) is 5.71. The number of fused-ring (bicyclic) bond motifs is 1. The highest BCUT2D eigenvalue weighted by Crippen LogP contribution is 2.41. The molecule has 0 radical (unpaired) electrons. The van der Waals surface area contributed by atoms with Crippen molar-refractivity contribution < 1.29 is 8.42 Å². The minimum atomic E-state index is -3.51. The van der Waals surface area contributed by atoms with Crippen molar-refractivity contribution in [3.05, 3.63) is 48.5 Å². The normalized spacial score (nSPS) is 14.4. The summed E-state index contributed by atoms with van der Waals surface area (Å²) in [4.78, 5) is 9.13. The third-order valence-electron chi connectivity index (χ3n) is 5.74. The van der Waals surface area contributed by atoms with Crippen LogP contribution in [0.5, 0.6) is 0 Å². The maximum Gasteiger partial charge on any atom is 0.242 e. The van der Waals surface area contributed by atoms with Crippen LogP contribution in [-0.2, 0) is 22.3 Å². The van der Waals surface area contributed by atoms with Gasteiger partial charge in [0.2, 0.25) is 10.0 Å². The average Bonchev–Trinajstić information content (AvgIpc) is 3.46. The van der Waals surface area contributed by atoms with Crippen LogP contribution in [0.3, 0.4) is 0 Å². The van der Waals surface area contributed by atoms with Crippen molar-refractivity contribution in [2.45, 2.75) is 48.2 Å². The van der Waals surface area contributed by atoms with Crippen molar-refractivity contribution in [3.63, 3.8) is 0 Å². The van der Waals surface area contributed by atoms with Gasteiger partial charge in [-0.1, -0.05) is 11.8 Å². The molecule has 3 aromatic heterocycles. The lowest BCUT2D eigenvalue weighted by atomic mass is 10.2. The highest BCUT2D eigenvalue weighted by Gasteiger charge is 2.30. The Morgan fingerprint density at radius 3 is 2.55 bits per heavy atom. The van der Waals surface area contributed by atoms with E-state index in [9.17, 15) is 8.42 Å². The van der Waals surface area contributed by atoms with E-state index in [-0.39, 0.29) is 4.90 Å². The van der Waals surface area contributed by atoms with E-state index in [1.165, 1.54) is 18.4 Å². The smallest absolute Gasteiger partial charge is 0.242 e. The molecular weight excluding hydrogens is 458 g/mol. The van der Waals surface area contributed by atoms with Crippen molar-refractivity contribution in [2.24, 2.45) is 0 Å². The molecule has 1 aromatic carbocycles. The van der Waals surface area contributed by atoms with Gasteiger partial charge < -0.3 is 4.57 Å². The summed E-state index contributed by atoms with van der Waals surface area (Å²) in [7, 11) is -0.452. The Bertz CT molecular complexity index is 1410. The van der Waals surface area contributed by atoms with E-state index in [0.717, 1.165) is 47.3 Å². The van der Waals surface area contributed by atoms with Gasteiger partial charge in [-0.2, -0.15) is 0 Å². The van der Waals surface area contributed by atoms with E-state index in [2.05, 4.69) is 31.2 Å². The molecule has 0 spiro atoms. The first-order valence-electron chi connectivity index (χ1n) is 10.8. The second kappa shape index (κ2) is 8.54. The zero-order valence-electron chi connectivity index (χ0n) is 18.7. The molecule has 0 aliphatic heterocycles. The van der Waals surface area contributed by atoms with Gasteiger partial charge in [-0.25, -0.2) is 17.7 Å². The minimum absolute atomic E-state index is 0.246. The second-order valence-corrected chi connectivity index (χ2v) is 11.2. The van der Waals surface area contributed by atoms with E-state index in [1.54, 1.807) is 36.3 Å². The fourth-order valence-corrected chi connectivity index (χ4v) is 5.73. The molecule has 1 aliphatic rings. The summed E-state index contributed by atoms with van der Waals surface area (Å²) in [5.41, 5.74) is 2.61. The lowest BCUT2D eigenvalue weighted by Crippen LogP contribution is -2.22. The first-order valence-corrected chi connectivity index (χ1v) is 13.2. The fourth-order valence-electron chi connectivity index (χ4n) is 3.86. The Morgan fingerprint density at radius 2 is 1.88 bits per heavy atom. The molecule has 1 aliphatic carbocycles. The van der Waals surface area contributed by atoms with Gasteiger partial charge in [-0.05, 0) is 50.1 Å². The molecule has 0 amide bonds. The molecule has 11 heteroatoms. The van der Waals surface area contributed by atoms with Crippen LogP contribution in [0.25, 0.3) is 22.4 Å². The van der Waals surface area contributed by atoms with Crippen molar-refractivity contribution in [3.8, 4) is 11.4 Å². The zero-order valence-corrected chi connectivity index (χ0v) is 20.3. The summed E-state index contributed by atoms with van der Waals surface area (Å²) < 4.78 is 30.6. The van der Waals surface area contributed by atoms with Gasteiger partial charge in [-0.15, -0.1) is 10.2 Å². The summed E-state index contributed by atoms with van der Waals surface area (Å²) in [5, 5.41) is 9.81. The topological polar surface area (TPSA) is 98.8 Å². The number of benzene rings is 1. The Morgan fingerprint density at radius 1 is 1.12 bits per heavy atom. The number of pyridine rings is 1. The largest absolute Gasteiger partial charge is 0.328 e. The Labute approximate surface area is 196 Å².